The predicted octanol–water partition coefficient (Wildman–Crippen LogP) is -1.50. The molecule has 0 saturated heterocycles. The maximum Gasteiger partial charge on any atom is 0.232 e. The molecule has 19 heavy (non-hydrogen) atoms. The number of aliphatic hydroxyl groups is 5. The molecule has 0 aliphatic carbocycles. The molecule has 0 spiro atoms. The SMILES string of the molecule is O=C(CCl)C(=O)[C@H](O)[C@](O)(Cl)[C@@](O)(Cl)[C@H](O)C(O)Cl. The molecule has 0 radical (unpaired) electrons. The lowest BCUT2D eigenvalue weighted by molar-refractivity contribution is -0.176. The van der Waals surface area contributed by atoms with Crippen molar-refractivity contribution in [3.63, 3.8) is 0 Å². The van der Waals surface area contributed by atoms with Crippen LogP contribution in [0.2, 0.25) is 0 Å². The number of carbonyl (C=O) groups excluding carboxylic acids is 2. The molecular formula is C8H10Cl4O7. The summed E-state index contributed by atoms with van der Waals surface area (Å²) in [5.41, 5.74) is -2.18. The number of carbonyl (C=O) groups is 2. The minimum absolute atomic E-state index is 0.815. The Hall–Kier alpha value is 0.300. The topological polar surface area (TPSA) is 135 Å². The van der Waals surface area contributed by atoms with Crippen molar-refractivity contribution in [3.8, 4) is 0 Å². The van der Waals surface area contributed by atoms with E-state index in [9.17, 15) is 30.0 Å². The second-order valence-corrected chi connectivity index (χ2v) is 5.35. The molecule has 0 heterocycles. The number of hydrogen-bond acceptors (Lipinski definition) is 7. The Morgan fingerprint density at radius 3 is 1.79 bits per heavy atom. The third-order valence-electron chi connectivity index (χ3n) is 2.15. The van der Waals surface area contributed by atoms with Gasteiger partial charge in [-0.1, -0.05) is 34.8 Å². The zero-order chi connectivity index (χ0) is 15.6. The third kappa shape index (κ3) is 3.90. The summed E-state index contributed by atoms with van der Waals surface area (Å²) in [6, 6.07) is 0. The molecule has 11 heteroatoms. The van der Waals surface area contributed by atoms with Crippen LogP contribution < -0.4 is 0 Å². The highest BCUT2D eigenvalue weighted by Crippen LogP contribution is 2.38. The van der Waals surface area contributed by atoms with Gasteiger partial charge in [-0.05, 0) is 0 Å². The van der Waals surface area contributed by atoms with Gasteiger partial charge in [-0.2, -0.15) is 0 Å². The Balaban J connectivity index is 5.36. The molecule has 0 rings (SSSR count). The van der Waals surface area contributed by atoms with Crippen LogP contribution in [0.5, 0.6) is 0 Å². The molecule has 0 aromatic carbocycles. The molecular weight excluding hydrogens is 350 g/mol. The third-order valence-corrected chi connectivity index (χ3v) is 3.74. The molecule has 0 aliphatic heterocycles. The molecule has 112 valence electrons. The summed E-state index contributed by atoms with van der Waals surface area (Å²) in [7, 11) is 0. The number of aliphatic hydroxyl groups excluding tert-OH is 3. The maximum absolute atomic E-state index is 11.3. The lowest BCUT2D eigenvalue weighted by Gasteiger charge is -2.39. The molecule has 0 bridgehead atoms. The molecule has 7 nitrogen and oxygen atoms in total. The highest BCUT2D eigenvalue weighted by molar-refractivity contribution is 6.50. The van der Waals surface area contributed by atoms with Crippen LogP contribution in [0.25, 0.3) is 0 Å². The van der Waals surface area contributed by atoms with Crippen LogP contribution in [0, 0.1) is 0 Å². The van der Waals surface area contributed by atoms with Gasteiger partial charge in [0.25, 0.3) is 0 Å². The van der Waals surface area contributed by atoms with Crippen LogP contribution in [-0.2, 0) is 9.59 Å². The first kappa shape index (κ1) is 19.3. The molecule has 0 saturated carbocycles. The Labute approximate surface area is 127 Å². The van der Waals surface area contributed by atoms with Gasteiger partial charge in [-0.3, -0.25) is 9.59 Å². The van der Waals surface area contributed by atoms with Gasteiger partial charge >= 0.3 is 0 Å². The van der Waals surface area contributed by atoms with Crippen molar-refractivity contribution in [1.29, 1.82) is 0 Å². The Bertz CT molecular complexity index is 357. The first-order chi connectivity index (χ1) is 8.41. The summed E-state index contributed by atoms with van der Waals surface area (Å²) in [5, 5.41) is 40.0. The zero-order valence-corrected chi connectivity index (χ0v) is 12.0. The van der Waals surface area contributed by atoms with E-state index in [2.05, 4.69) is 0 Å². The van der Waals surface area contributed by atoms with Crippen LogP contribution in [0.3, 0.4) is 0 Å². The normalized spacial score (nSPS) is 22.8. The fourth-order valence-corrected chi connectivity index (χ4v) is 1.79. The lowest BCUT2D eigenvalue weighted by atomic mass is 9.97. The molecule has 5 atom stereocenters. The molecule has 0 fully saturated rings. The summed E-state index contributed by atoms with van der Waals surface area (Å²) in [6.07, 6.45) is -5.17. The summed E-state index contributed by atoms with van der Waals surface area (Å²) in [6.45, 7) is 0. The van der Waals surface area contributed by atoms with Crippen molar-refractivity contribution < 1.29 is 35.1 Å². The Kier molecular flexibility index (Phi) is 6.95. The molecule has 0 aromatic heterocycles. The minimum Gasteiger partial charge on any atom is -0.385 e. The van der Waals surface area contributed by atoms with Crippen LogP contribution in [-0.4, -0.2) is 70.9 Å². The van der Waals surface area contributed by atoms with Gasteiger partial charge in [0.2, 0.25) is 21.7 Å². The van der Waals surface area contributed by atoms with E-state index in [0.29, 0.717) is 0 Å². The van der Waals surface area contributed by atoms with E-state index in [-0.39, 0.29) is 0 Å². The van der Waals surface area contributed by atoms with Crippen LogP contribution in [0.4, 0.5) is 0 Å². The maximum atomic E-state index is 11.3. The van der Waals surface area contributed by atoms with E-state index < -0.39 is 45.3 Å². The quantitative estimate of drug-likeness (QED) is 0.275. The van der Waals surface area contributed by atoms with E-state index in [4.69, 9.17) is 51.5 Å². The summed E-state index contributed by atoms with van der Waals surface area (Å²) < 4.78 is 0. The van der Waals surface area contributed by atoms with Crippen molar-refractivity contribution in [3.05, 3.63) is 0 Å². The average molecular weight is 360 g/mol. The summed E-state index contributed by atoms with van der Waals surface area (Å²) in [5.74, 6) is -3.78. The second kappa shape index (κ2) is 6.84. The Morgan fingerprint density at radius 1 is 1.05 bits per heavy atom. The summed E-state index contributed by atoms with van der Waals surface area (Å²) in [4.78, 5) is 22.2. The van der Waals surface area contributed by atoms with Crippen LogP contribution in [0.15, 0.2) is 0 Å². The van der Waals surface area contributed by atoms with Crippen molar-refractivity contribution in [2.45, 2.75) is 27.9 Å². The van der Waals surface area contributed by atoms with Gasteiger partial charge in [-0.15, -0.1) is 11.6 Å². The number of hydrogen-bond donors (Lipinski definition) is 5. The van der Waals surface area contributed by atoms with Gasteiger partial charge in [0.15, 0.2) is 11.7 Å². The molecule has 5 N–H and O–H groups in total. The van der Waals surface area contributed by atoms with Gasteiger partial charge in [0.05, 0.1) is 5.88 Å². The predicted molar refractivity (Wildman–Crippen MR) is 66.2 cm³/mol. The fourth-order valence-electron chi connectivity index (χ4n) is 0.973. The average Bonchev–Trinajstić information content (AvgIpc) is 2.34. The van der Waals surface area contributed by atoms with E-state index in [0.717, 1.165) is 0 Å². The number of ketones is 2. The monoisotopic (exact) mass is 358 g/mol. The Morgan fingerprint density at radius 2 is 1.47 bits per heavy atom. The van der Waals surface area contributed by atoms with E-state index in [1.165, 1.54) is 0 Å². The lowest BCUT2D eigenvalue weighted by Crippen LogP contribution is -2.64. The van der Waals surface area contributed by atoms with Gasteiger partial charge in [-0.25, -0.2) is 0 Å². The van der Waals surface area contributed by atoms with Crippen LogP contribution >= 0.6 is 46.4 Å². The molecule has 0 aliphatic rings. The van der Waals surface area contributed by atoms with Gasteiger partial charge in [0.1, 0.15) is 6.10 Å². The molecule has 0 amide bonds. The number of alkyl halides is 4. The van der Waals surface area contributed by atoms with Gasteiger partial charge < -0.3 is 25.5 Å². The van der Waals surface area contributed by atoms with Crippen molar-refractivity contribution >= 4 is 58.0 Å². The van der Waals surface area contributed by atoms with Gasteiger partial charge in [0, 0.05) is 0 Å². The largest absolute Gasteiger partial charge is 0.385 e. The van der Waals surface area contributed by atoms with E-state index in [1.54, 1.807) is 0 Å². The first-order valence-electron chi connectivity index (χ1n) is 4.55. The number of Topliss-reactive ketones (excluding diaryl/α,β-unsaturated/α-hetero) is 2. The van der Waals surface area contributed by atoms with E-state index >= 15 is 0 Å². The highest BCUT2D eigenvalue weighted by Gasteiger charge is 2.60. The standard InChI is InChI=1S/C8H10Cl4O7/c9-1-2(13)3(14)4(15)7(11,18)8(12,19)5(16)6(10)17/h4-6,15-19H,1H2/t4-,5+,6?,7+,8+/m0/s1. The number of halogens is 4. The van der Waals surface area contributed by atoms with Crippen molar-refractivity contribution in [1.82, 2.24) is 0 Å². The summed E-state index contributed by atoms with van der Waals surface area (Å²) >= 11 is 20.7. The molecule has 0 aromatic rings. The first-order valence-corrected chi connectivity index (χ1v) is 6.27. The minimum atomic E-state index is -3.41. The van der Waals surface area contributed by atoms with Crippen molar-refractivity contribution in [2.24, 2.45) is 0 Å². The number of rotatable bonds is 7. The van der Waals surface area contributed by atoms with Crippen molar-refractivity contribution in [2.75, 3.05) is 5.88 Å². The smallest absolute Gasteiger partial charge is 0.232 e. The second-order valence-electron chi connectivity index (χ2n) is 3.49. The zero-order valence-electron chi connectivity index (χ0n) is 9.00. The van der Waals surface area contributed by atoms with Crippen LogP contribution in [0.1, 0.15) is 0 Å². The highest BCUT2D eigenvalue weighted by atomic mass is 35.5. The fraction of sp³-hybridized carbons (Fsp3) is 0.750. The van der Waals surface area contributed by atoms with E-state index in [1.807, 2.05) is 0 Å². The molecule has 1 unspecified atom stereocenters.